The van der Waals surface area contributed by atoms with E-state index >= 15 is 0 Å². The molecule has 0 amide bonds. The smallest absolute Gasteiger partial charge is 0.331 e. The van der Waals surface area contributed by atoms with Crippen molar-refractivity contribution in [2.75, 3.05) is 33.9 Å². The normalized spacial score (nSPS) is 17.7. The van der Waals surface area contributed by atoms with Crippen LogP contribution in [-0.2, 0) is 15.2 Å². The summed E-state index contributed by atoms with van der Waals surface area (Å²) in [7, 11) is 4.71. The lowest BCUT2D eigenvalue weighted by molar-refractivity contribution is -0.0332. The molecule has 0 spiro atoms. The van der Waals surface area contributed by atoms with Crippen LogP contribution in [0.3, 0.4) is 0 Å². The molecule has 0 bridgehead atoms. The monoisotopic (exact) mass is 452 g/mol. The maximum atomic E-state index is 12.1. The summed E-state index contributed by atoms with van der Waals surface area (Å²) in [6, 6.07) is 4.77. The number of rotatable bonds is 10. The van der Waals surface area contributed by atoms with E-state index in [4.69, 9.17) is 23.7 Å². The largest absolute Gasteiger partial charge is 0.496 e. The molecule has 1 unspecified atom stereocenters. The fraction of sp³-hybridized carbons (Fsp3) is 0.400. The van der Waals surface area contributed by atoms with Crippen molar-refractivity contribution in [1.29, 1.82) is 0 Å². The zero-order valence-corrected chi connectivity index (χ0v) is 18.1. The highest BCUT2D eigenvalue weighted by Gasteiger charge is 2.32. The van der Waals surface area contributed by atoms with Gasteiger partial charge in [0.25, 0.3) is 5.56 Å². The molecule has 0 saturated carbocycles. The molecule has 0 fully saturated rings. The van der Waals surface area contributed by atoms with E-state index < -0.39 is 23.6 Å². The fourth-order valence-electron chi connectivity index (χ4n) is 3.08. The van der Waals surface area contributed by atoms with E-state index in [-0.39, 0.29) is 18.3 Å². The molecule has 168 valence electrons. The topological polar surface area (TPSA) is 121 Å². The maximum Gasteiger partial charge on any atom is 0.331 e. The van der Waals surface area contributed by atoms with E-state index in [0.717, 1.165) is 5.56 Å². The molecule has 2 atom stereocenters. The summed E-state index contributed by atoms with van der Waals surface area (Å²) >= 11 is 1.46. The van der Waals surface area contributed by atoms with Gasteiger partial charge in [0.15, 0.2) is 0 Å². The van der Waals surface area contributed by atoms with Gasteiger partial charge in [-0.25, -0.2) is 4.79 Å². The molecule has 1 aliphatic rings. The van der Waals surface area contributed by atoms with Crippen LogP contribution < -0.4 is 25.5 Å². The summed E-state index contributed by atoms with van der Waals surface area (Å²) < 4.78 is 28.9. The minimum atomic E-state index is -0.836. The van der Waals surface area contributed by atoms with Gasteiger partial charge in [0, 0.05) is 35.7 Å². The molecule has 31 heavy (non-hydrogen) atoms. The van der Waals surface area contributed by atoms with Crippen LogP contribution in [0.25, 0.3) is 0 Å². The summed E-state index contributed by atoms with van der Waals surface area (Å²) in [6.07, 6.45) is 1.48. The van der Waals surface area contributed by atoms with Crippen molar-refractivity contribution < 1.29 is 28.8 Å². The van der Waals surface area contributed by atoms with Gasteiger partial charge in [0.05, 0.1) is 27.3 Å². The third-order valence-corrected chi connectivity index (χ3v) is 5.39. The summed E-state index contributed by atoms with van der Waals surface area (Å²) in [4.78, 5) is 25.6. The minimum Gasteiger partial charge on any atom is -0.496 e. The van der Waals surface area contributed by atoms with Crippen LogP contribution in [0.1, 0.15) is 11.8 Å². The average molecular weight is 452 g/mol. The van der Waals surface area contributed by atoms with Crippen molar-refractivity contribution in [3.63, 3.8) is 0 Å². The number of nitrogens with one attached hydrogen (secondary N) is 1. The van der Waals surface area contributed by atoms with E-state index in [1.165, 1.54) is 28.6 Å². The summed E-state index contributed by atoms with van der Waals surface area (Å²) in [6.45, 7) is -0.331. The third kappa shape index (κ3) is 5.24. The first-order valence-electron chi connectivity index (χ1n) is 9.28. The number of aromatic amines is 1. The lowest BCUT2D eigenvalue weighted by atomic mass is 10.2. The Morgan fingerprint density at radius 3 is 2.45 bits per heavy atom. The number of aromatic nitrogens is 2. The first kappa shape index (κ1) is 22.8. The number of benzene rings is 1. The second-order valence-corrected chi connectivity index (χ2v) is 7.36. The molecule has 2 aromatic rings. The number of H-pyrrole nitrogens is 1. The second-order valence-electron chi connectivity index (χ2n) is 6.42. The number of hydrogen-bond donors (Lipinski definition) is 2. The van der Waals surface area contributed by atoms with E-state index in [9.17, 15) is 14.7 Å². The number of aliphatic hydroxyl groups is 1. The number of methoxy groups -OCH3 is 3. The standard InChI is InChI=1S/C20H24N2O8S/c1-26-12-6-15(27-2)14(16(7-12)28-3)10-31-11-29-17-8-13(9-23)30-19(17)22-5-4-18(24)21-20(22)25/h4-8,17,19,23H,9-11H2,1-3H3,(H,21,24,25)/t17?,19-/m1/s1. The summed E-state index contributed by atoms with van der Waals surface area (Å²) in [5.74, 6) is 2.97. The molecule has 1 aromatic heterocycles. The van der Waals surface area contributed by atoms with Crippen molar-refractivity contribution in [3.8, 4) is 17.2 Å². The molecule has 2 N–H and O–H groups in total. The molecule has 1 aliphatic heterocycles. The van der Waals surface area contributed by atoms with E-state index in [1.54, 1.807) is 39.5 Å². The molecule has 0 saturated heterocycles. The van der Waals surface area contributed by atoms with Crippen LogP contribution in [0.4, 0.5) is 0 Å². The fourth-order valence-corrected chi connectivity index (χ4v) is 3.91. The van der Waals surface area contributed by atoms with Gasteiger partial charge in [-0.2, -0.15) is 0 Å². The number of nitrogens with zero attached hydrogens (tertiary/aromatic N) is 1. The van der Waals surface area contributed by atoms with Gasteiger partial charge in [-0.3, -0.25) is 14.3 Å². The number of hydrogen-bond acceptors (Lipinski definition) is 9. The third-order valence-electron chi connectivity index (χ3n) is 4.59. The molecule has 0 radical (unpaired) electrons. The first-order valence-corrected chi connectivity index (χ1v) is 10.4. The van der Waals surface area contributed by atoms with Crippen LogP contribution >= 0.6 is 11.8 Å². The highest BCUT2D eigenvalue weighted by Crippen LogP contribution is 2.37. The number of thioether (sulfide) groups is 1. The van der Waals surface area contributed by atoms with Crippen molar-refractivity contribution >= 4 is 11.8 Å². The molecular formula is C20H24N2O8S. The number of aliphatic hydroxyl groups excluding tert-OH is 1. The Kier molecular flexibility index (Phi) is 7.66. The van der Waals surface area contributed by atoms with Crippen LogP contribution in [0.5, 0.6) is 17.2 Å². The highest BCUT2D eigenvalue weighted by atomic mass is 32.2. The maximum absolute atomic E-state index is 12.1. The molecule has 3 rings (SSSR count). The summed E-state index contributed by atoms with van der Waals surface area (Å²) in [5, 5.41) is 9.40. The van der Waals surface area contributed by atoms with Crippen molar-refractivity contribution in [2.24, 2.45) is 0 Å². The van der Waals surface area contributed by atoms with E-state index in [2.05, 4.69) is 4.98 Å². The van der Waals surface area contributed by atoms with Crippen molar-refractivity contribution in [1.82, 2.24) is 9.55 Å². The Bertz CT molecular complexity index is 1020. The number of ether oxygens (including phenoxy) is 5. The first-order chi connectivity index (χ1) is 15.0. The lowest BCUT2D eigenvalue weighted by Crippen LogP contribution is -2.36. The quantitative estimate of drug-likeness (QED) is 0.405. The van der Waals surface area contributed by atoms with Crippen molar-refractivity contribution in [3.05, 3.63) is 62.6 Å². The molecule has 10 nitrogen and oxygen atoms in total. The molecule has 0 aliphatic carbocycles. The van der Waals surface area contributed by atoms with Crippen LogP contribution in [-0.4, -0.2) is 54.6 Å². The van der Waals surface area contributed by atoms with Crippen LogP contribution in [0, 0.1) is 0 Å². The van der Waals surface area contributed by atoms with Gasteiger partial charge in [-0.05, 0) is 6.08 Å². The van der Waals surface area contributed by atoms with E-state index in [1.807, 2.05) is 0 Å². The molecule has 2 heterocycles. The second kappa shape index (κ2) is 10.4. The van der Waals surface area contributed by atoms with Gasteiger partial charge in [-0.15, -0.1) is 11.8 Å². The van der Waals surface area contributed by atoms with Crippen LogP contribution in [0.15, 0.2) is 45.8 Å². The Labute approximate surface area is 182 Å². The zero-order valence-electron chi connectivity index (χ0n) is 17.3. The molecule has 1 aromatic carbocycles. The highest BCUT2D eigenvalue weighted by molar-refractivity contribution is 7.98. The van der Waals surface area contributed by atoms with Gasteiger partial charge in [0.2, 0.25) is 6.23 Å². The van der Waals surface area contributed by atoms with E-state index in [0.29, 0.717) is 23.0 Å². The lowest BCUT2D eigenvalue weighted by Gasteiger charge is -2.21. The Hall–Kier alpha value is -2.89. The zero-order chi connectivity index (χ0) is 22.4. The molecule has 11 heteroatoms. The van der Waals surface area contributed by atoms with Gasteiger partial charge in [0.1, 0.15) is 35.7 Å². The van der Waals surface area contributed by atoms with Gasteiger partial charge in [-0.1, -0.05) is 0 Å². The Morgan fingerprint density at radius 2 is 1.87 bits per heavy atom. The predicted octanol–water partition coefficient (Wildman–Crippen LogP) is 1.24. The molecular weight excluding hydrogens is 428 g/mol. The van der Waals surface area contributed by atoms with Gasteiger partial charge < -0.3 is 28.8 Å². The summed E-state index contributed by atoms with van der Waals surface area (Å²) in [5.41, 5.74) is -0.286. The SMILES string of the molecule is COc1cc(OC)c(CSCOC2C=C(CO)O[C@H]2n2ccc(=O)[nH]c2=O)c(OC)c1. The average Bonchev–Trinajstić information content (AvgIpc) is 3.19. The Morgan fingerprint density at radius 1 is 1.16 bits per heavy atom. The van der Waals surface area contributed by atoms with Crippen LogP contribution in [0.2, 0.25) is 0 Å². The van der Waals surface area contributed by atoms with Crippen molar-refractivity contribution in [2.45, 2.75) is 18.1 Å². The van der Waals surface area contributed by atoms with Gasteiger partial charge >= 0.3 is 5.69 Å². The predicted molar refractivity (Wildman–Crippen MR) is 114 cm³/mol. The minimum absolute atomic E-state index is 0.260. The Balaban J connectivity index is 1.68.